The predicted molar refractivity (Wildman–Crippen MR) is 83.5 cm³/mol. The Bertz CT molecular complexity index is 525. The molecule has 0 unspecified atom stereocenters. The van der Waals surface area contributed by atoms with Crippen molar-refractivity contribution < 1.29 is 4.79 Å². The number of aromatic nitrogens is 1. The number of fused-ring (bicyclic) bond motifs is 1. The summed E-state index contributed by atoms with van der Waals surface area (Å²) in [7, 11) is 0. The van der Waals surface area contributed by atoms with Crippen molar-refractivity contribution in [2.75, 3.05) is 18.4 Å². The summed E-state index contributed by atoms with van der Waals surface area (Å²) in [6.45, 7) is 1.82. The number of carbonyl (C=O) groups excluding carboxylic acids is 1. The van der Waals surface area contributed by atoms with Gasteiger partial charge in [-0.1, -0.05) is 0 Å². The Morgan fingerprint density at radius 2 is 2.10 bits per heavy atom. The highest BCUT2D eigenvalue weighted by molar-refractivity contribution is 5.97. The van der Waals surface area contributed by atoms with Crippen molar-refractivity contribution in [1.82, 2.24) is 10.3 Å². The molecule has 0 radical (unpaired) electrons. The molecular formula is C16H24N4O. The molecule has 5 nitrogen and oxygen atoms in total. The van der Waals surface area contributed by atoms with Gasteiger partial charge >= 0.3 is 0 Å². The fourth-order valence-corrected chi connectivity index (χ4v) is 2.85. The molecule has 0 atom stereocenters. The Morgan fingerprint density at radius 1 is 1.29 bits per heavy atom. The number of nitrogens with two attached hydrogens (primary N) is 1. The fraction of sp³-hybridized carbons (Fsp3) is 0.625. The summed E-state index contributed by atoms with van der Waals surface area (Å²) < 4.78 is 0. The lowest BCUT2D eigenvalue weighted by molar-refractivity contribution is 0.100. The number of anilines is 1. The van der Waals surface area contributed by atoms with Gasteiger partial charge in [0.05, 0.1) is 5.56 Å². The van der Waals surface area contributed by atoms with E-state index in [1.54, 1.807) is 0 Å². The predicted octanol–water partition coefficient (Wildman–Crippen LogP) is 1.61. The standard InChI is InChI=1S/C16H24N4O/c17-15(21)13-10-11-4-1-2-5-14(11)20-16(13)19-9-3-8-18-12-6-7-12/h10,12,18H,1-9H2,(H2,17,21)(H,19,20). The van der Waals surface area contributed by atoms with Crippen LogP contribution in [0.2, 0.25) is 0 Å². The number of amides is 1. The van der Waals surface area contributed by atoms with E-state index in [4.69, 9.17) is 5.73 Å². The second-order valence-corrected chi connectivity index (χ2v) is 6.07. The van der Waals surface area contributed by atoms with Gasteiger partial charge in [0.1, 0.15) is 5.82 Å². The molecule has 1 heterocycles. The lowest BCUT2D eigenvalue weighted by Gasteiger charge is -2.18. The number of primary amides is 1. The van der Waals surface area contributed by atoms with Crippen LogP contribution < -0.4 is 16.4 Å². The molecular weight excluding hydrogens is 264 g/mol. The molecule has 21 heavy (non-hydrogen) atoms. The average molecular weight is 288 g/mol. The summed E-state index contributed by atoms with van der Waals surface area (Å²) in [4.78, 5) is 16.3. The van der Waals surface area contributed by atoms with Crippen LogP contribution in [0.4, 0.5) is 5.82 Å². The van der Waals surface area contributed by atoms with Crippen molar-refractivity contribution in [2.24, 2.45) is 5.73 Å². The van der Waals surface area contributed by atoms with Crippen molar-refractivity contribution in [3.8, 4) is 0 Å². The number of hydrogen-bond acceptors (Lipinski definition) is 4. The highest BCUT2D eigenvalue weighted by Gasteiger charge is 2.20. The Kier molecular flexibility index (Phi) is 4.39. The normalized spacial score (nSPS) is 17.3. The van der Waals surface area contributed by atoms with E-state index < -0.39 is 5.91 Å². The third-order valence-electron chi connectivity index (χ3n) is 4.22. The summed E-state index contributed by atoms with van der Waals surface area (Å²) >= 11 is 0. The maximum Gasteiger partial charge on any atom is 0.252 e. The molecule has 1 aromatic rings. The van der Waals surface area contributed by atoms with E-state index in [0.29, 0.717) is 11.4 Å². The number of nitrogens with zero attached hydrogens (tertiary/aromatic N) is 1. The van der Waals surface area contributed by atoms with E-state index in [1.807, 2.05) is 6.07 Å². The second kappa shape index (κ2) is 6.43. The van der Waals surface area contributed by atoms with E-state index in [9.17, 15) is 4.79 Å². The highest BCUT2D eigenvalue weighted by atomic mass is 16.1. The van der Waals surface area contributed by atoms with Crippen LogP contribution in [0, 0.1) is 0 Å². The maximum absolute atomic E-state index is 11.6. The highest BCUT2D eigenvalue weighted by Crippen LogP contribution is 2.24. The zero-order valence-electron chi connectivity index (χ0n) is 12.5. The molecule has 2 aliphatic rings. The summed E-state index contributed by atoms with van der Waals surface area (Å²) in [6, 6.07) is 2.68. The van der Waals surface area contributed by atoms with E-state index in [2.05, 4.69) is 15.6 Å². The first-order valence-corrected chi connectivity index (χ1v) is 8.04. The minimum Gasteiger partial charge on any atom is -0.369 e. The Labute approximate surface area is 125 Å². The fourth-order valence-electron chi connectivity index (χ4n) is 2.85. The zero-order chi connectivity index (χ0) is 14.7. The van der Waals surface area contributed by atoms with Crippen LogP contribution in [0.25, 0.3) is 0 Å². The van der Waals surface area contributed by atoms with Gasteiger partial charge < -0.3 is 16.4 Å². The monoisotopic (exact) mass is 288 g/mol. The van der Waals surface area contributed by atoms with Crippen LogP contribution in [0.3, 0.4) is 0 Å². The molecule has 0 aromatic carbocycles. The molecule has 0 aliphatic heterocycles. The third-order valence-corrected chi connectivity index (χ3v) is 4.22. The van der Waals surface area contributed by atoms with Crippen LogP contribution in [-0.2, 0) is 12.8 Å². The molecule has 1 saturated carbocycles. The number of pyridine rings is 1. The van der Waals surface area contributed by atoms with Crippen molar-refractivity contribution in [2.45, 2.75) is 51.0 Å². The molecule has 1 fully saturated rings. The van der Waals surface area contributed by atoms with Gasteiger partial charge in [-0.05, 0) is 63.1 Å². The molecule has 114 valence electrons. The van der Waals surface area contributed by atoms with E-state index in [1.165, 1.54) is 31.2 Å². The zero-order valence-corrected chi connectivity index (χ0v) is 12.5. The van der Waals surface area contributed by atoms with Crippen LogP contribution in [0.15, 0.2) is 6.07 Å². The molecule has 0 spiro atoms. The second-order valence-electron chi connectivity index (χ2n) is 6.07. The van der Waals surface area contributed by atoms with E-state index >= 15 is 0 Å². The summed E-state index contributed by atoms with van der Waals surface area (Å²) in [6.07, 6.45) is 8.01. The minimum atomic E-state index is -0.394. The minimum absolute atomic E-state index is 0.394. The molecule has 4 N–H and O–H groups in total. The maximum atomic E-state index is 11.6. The first-order valence-electron chi connectivity index (χ1n) is 8.04. The van der Waals surface area contributed by atoms with Gasteiger partial charge in [0, 0.05) is 18.3 Å². The average Bonchev–Trinajstić information content (AvgIpc) is 3.30. The molecule has 0 saturated heterocycles. The number of nitrogens with one attached hydrogen (secondary N) is 2. The van der Waals surface area contributed by atoms with Crippen LogP contribution in [0.5, 0.6) is 0 Å². The lowest BCUT2D eigenvalue weighted by Crippen LogP contribution is -2.22. The first-order chi connectivity index (χ1) is 10.2. The number of aryl methyl sites for hydroxylation is 2. The molecule has 5 heteroatoms. The SMILES string of the molecule is NC(=O)c1cc2c(nc1NCCCNC1CC1)CCCC2. The quantitative estimate of drug-likeness (QED) is 0.666. The lowest BCUT2D eigenvalue weighted by atomic mass is 9.94. The van der Waals surface area contributed by atoms with E-state index in [-0.39, 0.29) is 0 Å². The van der Waals surface area contributed by atoms with Gasteiger partial charge in [0.2, 0.25) is 0 Å². The van der Waals surface area contributed by atoms with Gasteiger partial charge in [-0.2, -0.15) is 0 Å². The van der Waals surface area contributed by atoms with Crippen molar-refractivity contribution in [3.05, 3.63) is 22.9 Å². The Hall–Kier alpha value is -1.62. The number of hydrogen-bond donors (Lipinski definition) is 3. The van der Waals surface area contributed by atoms with Gasteiger partial charge in [0.15, 0.2) is 0 Å². The third kappa shape index (κ3) is 3.73. The molecule has 1 amide bonds. The van der Waals surface area contributed by atoms with Crippen LogP contribution in [0.1, 0.15) is 53.7 Å². The van der Waals surface area contributed by atoms with Crippen LogP contribution >= 0.6 is 0 Å². The van der Waals surface area contributed by atoms with Gasteiger partial charge in [-0.25, -0.2) is 4.98 Å². The smallest absolute Gasteiger partial charge is 0.252 e. The van der Waals surface area contributed by atoms with Crippen molar-refractivity contribution in [3.63, 3.8) is 0 Å². The van der Waals surface area contributed by atoms with Crippen LogP contribution in [-0.4, -0.2) is 30.0 Å². The molecule has 2 aliphatic carbocycles. The van der Waals surface area contributed by atoms with Gasteiger partial charge in [-0.15, -0.1) is 0 Å². The topological polar surface area (TPSA) is 80.0 Å². The molecule has 0 bridgehead atoms. The molecule has 3 rings (SSSR count). The number of rotatable bonds is 7. The van der Waals surface area contributed by atoms with Crippen molar-refractivity contribution in [1.29, 1.82) is 0 Å². The summed E-state index contributed by atoms with van der Waals surface area (Å²) in [5.74, 6) is 0.268. The van der Waals surface area contributed by atoms with E-state index in [0.717, 1.165) is 44.1 Å². The Morgan fingerprint density at radius 3 is 2.86 bits per heavy atom. The van der Waals surface area contributed by atoms with Crippen molar-refractivity contribution >= 4 is 11.7 Å². The Balaban J connectivity index is 1.62. The van der Waals surface area contributed by atoms with Gasteiger partial charge in [0.25, 0.3) is 5.91 Å². The molecule has 1 aromatic heterocycles. The first kappa shape index (κ1) is 14.3. The summed E-state index contributed by atoms with van der Waals surface area (Å²) in [5.41, 5.74) is 8.35. The van der Waals surface area contributed by atoms with Gasteiger partial charge in [-0.3, -0.25) is 4.79 Å². The summed E-state index contributed by atoms with van der Waals surface area (Å²) in [5, 5.41) is 6.77. The largest absolute Gasteiger partial charge is 0.369 e. The number of carbonyl (C=O) groups is 1.